The minimum absolute atomic E-state index is 0.0444. The van der Waals surface area contributed by atoms with E-state index in [1.165, 1.54) is 0 Å². The minimum Gasteiger partial charge on any atom is -0.367 e. The molecule has 1 unspecified atom stereocenters. The van der Waals surface area contributed by atoms with E-state index >= 15 is 0 Å². The Labute approximate surface area is 107 Å². The summed E-state index contributed by atoms with van der Waals surface area (Å²) < 4.78 is 5.89. The lowest BCUT2D eigenvalue weighted by atomic mass is 10.0. The molecule has 2 heterocycles. The molecule has 0 aromatic carbocycles. The SMILES string of the molecule is CC1(C)CN(c2ccncc2Cl)CC(CN)O1. The lowest BCUT2D eigenvalue weighted by Crippen LogP contribution is -2.55. The van der Waals surface area contributed by atoms with Gasteiger partial charge < -0.3 is 15.4 Å². The Morgan fingerprint density at radius 1 is 1.65 bits per heavy atom. The van der Waals surface area contributed by atoms with Gasteiger partial charge in [0.05, 0.1) is 22.4 Å². The molecule has 1 aromatic rings. The number of hydrogen-bond donors (Lipinski definition) is 1. The van der Waals surface area contributed by atoms with Crippen LogP contribution in [0.4, 0.5) is 5.69 Å². The number of aromatic nitrogens is 1. The molecule has 4 nitrogen and oxygen atoms in total. The van der Waals surface area contributed by atoms with Crippen LogP contribution >= 0.6 is 11.6 Å². The van der Waals surface area contributed by atoms with Crippen molar-refractivity contribution in [3.8, 4) is 0 Å². The van der Waals surface area contributed by atoms with Crippen LogP contribution in [0.1, 0.15) is 13.8 Å². The second kappa shape index (κ2) is 4.80. The second-order valence-corrected chi connectivity index (χ2v) is 5.35. The van der Waals surface area contributed by atoms with Gasteiger partial charge in [-0.05, 0) is 19.9 Å². The third-order valence-electron chi connectivity index (χ3n) is 2.84. The molecule has 0 radical (unpaired) electrons. The van der Waals surface area contributed by atoms with Crippen LogP contribution in [0.3, 0.4) is 0 Å². The number of nitrogens with two attached hydrogens (primary N) is 1. The van der Waals surface area contributed by atoms with Crippen LogP contribution in [-0.2, 0) is 4.74 Å². The quantitative estimate of drug-likeness (QED) is 0.874. The predicted octanol–water partition coefficient (Wildman–Crippen LogP) is 1.68. The summed E-state index contributed by atoms with van der Waals surface area (Å²) in [5, 5.41) is 0.668. The molecule has 0 saturated carbocycles. The van der Waals surface area contributed by atoms with E-state index < -0.39 is 0 Å². The maximum atomic E-state index is 6.17. The van der Waals surface area contributed by atoms with Gasteiger partial charge in [0.25, 0.3) is 0 Å². The number of halogens is 1. The summed E-state index contributed by atoms with van der Waals surface area (Å²) in [5.74, 6) is 0. The summed E-state index contributed by atoms with van der Waals surface area (Å²) in [5.41, 5.74) is 6.49. The van der Waals surface area contributed by atoms with Crippen molar-refractivity contribution in [1.82, 2.24) is 4.98 Å². The van der Waals surface area contributed by atoms with Gasteiger partial charge in [-0.2, -0.15) is 0 Å². The fourth-order valence-corrected chi connectivity index (χ4v) is 2.47. The highest BCUT2D eigenvalue weighted by Crippen LogP contribution is 2.30. The molecule has 1 aliphatic rings. The fourth-order valence-electron chi connectivity index (χ4n) is 2.23. The maximum absolute atomic E-state index is 6.17. The molecule has 0 bridgehead atoms. The van der Waals surface area contributed by atoms with Crippen molar-refractivity contribution in [3.05, 3.63) is 23.5 Å². The lowest BCUT2D eigenvalue weighted by Gasteiger charge is -2.43. The third kappa shape index (κ3) is 2.89. The van der Waals surface area contributed by atoms with Crippen LogP contribution in [-0.4, -0.2) is 36.3 Å². The number of pyridine rings is 1. The third-order valence-corrected chi connectivity index (χ3v) is 3.13. The van der Waals surface area contributed by atoms with Crippen molar-refractivity contribution in [2.45, 2.75) is 25.6 Å². The van der Waals surface area contributed by atoms with Gasteiger partial charge in [-0.3, -0.25) is 4.98 Å². The van der Waals surface area contributed by atoms with Crippen LogP contribution in [0.15, 0.2) is 18.5 Å². The average molecular weight is 256 g/mol. The zero-order valence-electron chi connectivity index (χ0n) is 10.2. The van der Waals surface area contributed by atoms with E-state index in [1.54, 1.807) is 12.4 Å². The molecule has 1 fully saturated rings. The zero-order valence-corrected chi connectivity index (χ0v) is 10.9. The van der Waals surface area contributed by atoms with Crippen molar-refractivity contribution in [1.29, 1.82) is 0 Å². The Kier molecular flexibility index (Phi) is 3.56. The first-order valence-corrected chi connectivity index (χ1v) is 6.12. The molecule has 17 heavy (non-hydrogen) atoms. The molecule has 1 atom stereocenters. The minimum atomic E-state index is -0.213. The van der Waals surface area contributed by atoms with Crippen molar-refractivity contribution < 1.29 is 4.74 Å². The normalized spacial score (nSPS) is 23.8. The highest BCUT2D eigenvalue weighted by Gasteiger charge is 2.33. The molecule has 2 N–H and O–H groups in total. The van der Waals surface area contributed by atoms with E-state index in [4.69, 9.17) is 22.1 Å². The van der Waals surface area contributed by atoms with Crippen LogP contribution in [0.2, 0.25) is 5.02 Å². The van der Waals surface area contributed by atoms with Gasteiger partial charge in [-0.25, -0.2) is 0 Å². The van der Waals surface area contributed by atoms with Gasteiger partial charge in [-0.15, -0.1) is 0 Å². The number of nitrogens with zero attached hydrogens (tertiary/aromatic N) is 2. The Balaban J connectivity index is 2.24. The summed E-state index contributed by atoms with van der Waals surface area (Å²) in [6.07, 6.45) is 3.46. The van der Waals surface area contributed by atoms with Gasteiger partial charge in [0.1, 0.15) is 0 Å². The van der Waals surface area contributed by atoms with E-state index in [-0.39, 0.29) is 11.7 Å². The van der Waals surface area contributed by atoms with E-state index in [0.717, 1.165) is 18.8 Å². The standard InChI is InChI=1S/C12H18ClN3O/c1-12(2)8-16(7-9(5-14)17-12)11-3-4-15-6-10(11)13/h3-4,6,9H,5,7-8,14H2,1-2H3. The molecule has 2 rings (SSSR count). The van der Waals surface area contributed by atoms with Crippen molar-refractivity contribution in [3.63, 3.8) is 0 Å². The Hall–Kier alpha value is -0.840. The number of anilines is 1. The molecule has 1 aromatic heterocycles. The monoisotopic (exact) mass is 255 g/mol. The smallest absolute Gasteiger partial charge is 0.0879 e. The highest BCUT2D eigenvalue weighted by atomic mass is 35.5. The molecule has 0 aliphatic carbocycles. The zero-order chi connectivity index (χ0) is 12.5. The lowest BCUT2D eigenvalue weighted by molar-refractivity contribution is -0.0788. The number of ether oxygens (including phenoxy) is 1. The first kappa shape index (κ1) is 12.6. The molecular formula is C12H18ClN3O. The van der Waals surface area contributed by atoms with Crippen LogP contribution in [0, 0.1) is 0 Å². The summed E-state index contributed by atoms with van der Waals surface area (Å²) >= 11 is 6.17. The molecule has 1 aliphatic heterocycles. The second-order valence-electron chi connectivity index (χ2n) is 4.94. The van der Waals surface area contributed by atoms with Gasteiger partial charge in [0.15, 0.2) is 0 Å². The summed E-state index contributed by atoms with van der Waals surface area (Å²) in [6, 6.07) is 1.93. The van der Waals surface area contributed by atoms with Crippen LogP contribution in [0.25, 0.3) is 0 Å². The first-order valence-electron chi connectivity index (χ1n) is 5.74. The average Bonchev–Trinajstić information content (AvgIpc) is 2.27. The Morgan fingerprint density at radius 2 is 2.41 bits per heavy atom. The Bertz CT molecular complexity index is 397. The van der Waals surface area contributed by atoms with Crippen molar-refractivity contribution >= 4 is 17.3 Å². The first-order chi connectivity index (χ1) is 8.02. The van der Waals surface area contributed by atoms with E-state index in [2.05, 4.69) is 23.7 Å². The van der Waals surface area contributed by atoms with Gasteiger partial charge in [0.2, 0.25) is 0 Å². The van der Waals surface area contributed by atoms with Crippen molar-refractivity contribution in [2.75, 3.05) is 24.5 Å². The summed E-state index contributed by atoms with van der Waals surface area (Å²) in [6.45, 7) is 6.22. The summed E-state index contributed by atoms with van der Waals surface area (Å²) in [7, 11) is 0. The molecule has 94 valence electrons. The molecule has 0 spiro atoms. The molecular weight excluding hydrogens is 238 g/mol. The van der Waals surface area contributed by atoms with Crippen molar-refractivity contribution in [2.24, 2.45) is 5.73 Å². The number of morpholine rings is 1. The number of hydrogen-bond acceptors (Lipinski definition) is 4. The predicted molar refractivity (Wildman–Crippen MR) is 69.5 cm³/mol. The largest absolute Gasteiger partial charge is 0.367 e. The summed E-state index contributed by atoms with van der Waals surface area (Å²) in [4.78, 5) is 6.21. The number of rotatable bonds is 2. The van der Waals surface area contributed by atoms with E-state index in [1.807, 2.05) is 6.07 Å². The Morgan fingerprint density at radius 3 is 3.06 bits per heavy atom. The van der Waals surface area contributed by atoms with Gasteiger partial charge in [-0.1, -0.05) is 11.6 Å². The maximum Gasteiger partial charge on any atom is 0.0879 e. The van der Waals surface area contributed by atoms with Gasteiger partial charge in [0, 0.05) is 32.0 Å². The highest BCUT2D eigenvalue weighted by molar-refractivity contribution is 6.33. The van der Waals surface area contributed by atoms with Gasteiger partial charge >= 0.3 is 0 Å². The topological polar surface area (TPSA) is 51.4 Å². The van der Waals surface area contributed by atoms with Crippen LogP contribution < -0.4 is 10.6 Å². The van der Waals surface area contributed by atoms with Crippen LogP contribution in [0.5, 0.6) is 0 Å². The molecule has 1 saturated heterocycles. The molecule has 0 amide bonds. The molecule has 5 heteroatoms. The fraction of sp³-hybridized carbons (Fsp3) is 0.583. The van der Waals surface area contributed by atoms with E-state index in [9.17, 15) is 0 Å². The van der Waals surface area contributed by atoms with E-state index in [0.29, 0.717) is 11.6 Å².